The number of benzene rings is 1. The monoisotopic (exact) mass is 260 g/mol. The number of hydrogen-bond acceptors (Lipinski definition) is 1. The molecule has 1 N–H and O–H groups in total. The molecule has 0 saturated carbocycles. The van der Waals surface area contributed by atoms with Crippen LogP contribution in [0, 0.1) is 5.92 Å². The molecule has 0 aromatic heterocycles. The largest absolute Gasteiger partial charge is 0.416 e. The minimum Gasteiger partial charge on any atom is -0.396 e. The summed E-state index contributed by atoms with van der Waals surface area (Å²) in [5.41, 5.74) is -0.305. The van der Waals surface area contributed by atoms with Gasteiger partial charge in [0.05, 0.1) is 5.56 Å². The lowest BCUT2D eigenvalue weighted by Gasteiger charge is -2.17. The zero-order valence-corrected chi connectivity index (χ0v) is 10.5. The van der Waals surface area contributed by atoms with E-state index in [9.17, 15) is 18.3 Å². The molecule has 1 aromatic rings. The number of unbranched alkanes of at least 4 members (excludes halogenated alkanes) is 1. The van der Waals surface area contributed by atoms with Crippen LogP contribution in [0.3, 0.4) is 0 Å². The molecule has 0 bridgehead atoms. The van der Waals surface area contributed by atoms with Gasteiger partial charge in [-0.2, -0.15) is 13.2 Å². The first-order valence-corrected chi connectivity index (χ1v) is 6.25. The molecule has 1 atom stereocenters. The van der Waals surface area contributed by atoms with Gasteiger partial charge in [-0.15, -0.1) is 0 Å². The van der Waals surface area contributed by atoms with Crippen LogP contribution in [0.1, 0.15) is 37.3 Å². The highest BCUT2D eigenvalue weighted by molar-refractivity contribution is 5.30. The number of halogens is 3. The third-order valence-corrected chi connectivity index (χ3v) is 3.06. The third-order valence-electron chi connectivity index (χ3n) is 3.06. The number of aliphatic hydroxyl groups is 1. The van der Waals surface area contributed by atoms with E-state index >= 15 is 0 Å². The molecule has 1 rings (SSSR count). The number of aliphatic hydroxyl groups excluding tert-OH is 1. The van der Waals surface area contributed by atoms with E-state index in [2.05, 4.69) is 0 Å². The van der Waals surface area contributed by atoms with Crippen molar-refractivity contribution in [1.29, 1.82) is 0 Å². The summed E-state index contributed by atoms with van der Waals surface area (Å²) >= 11 is 0. The van der Waals surface area contributed by atoms with Gasteiger partial charge in [0, 0.05) is 6.61 Å². The second-order valence-electron chi connectivity index (χ2n) is 4.55. The van der Waals surface area contributed by atoms with Gasteiger partial charge in [0.25, 0.3) is 0 Å². The van der Waals surface area contributed by atoms with E-state index in [0.29, 0.717) is 0 Å². The van der Waals surface area contributed by atoms with Gasteiger partial charge in [-0.3, -0.25) is 0 Å². The van der Waals surface area contributed by atoms with Gasteiger partial charge in [-0.1, -0.05) is 38.0 Å². The fraction of sp³-hybridized carbons (Fsp3) is 0.571. The molecule has 0 aliphatic carbocycles. The minimum absolute atomic E-state index is 0.0633. The second kappa shape index (κ2) is 6.78. The zero-order chi connectivity index (χ0) is 13.6. The Morgan fingerprint density at radius 2 is 1.89 bits per heavy atom. The Bertz CT molecular complexity index is 360. The fourth-order valence-electron chi connectivity index (χ4n) is 2.04. The highest BCUT2D eigenvalue weighted by Crippen LogP contribution is 2.33. The molecule has 0 unspecified atom stereocenters. The molecular weight excluding hydrogens is 241 g/mol. The smallest absolute Gasteiger partial charge is 0.396 e. The predicted octanol–water partition coefficient (Wildman–Crippen LogP) is 4.05. The first-order valence-electron chi connectivity index (χ1n) is 6.25. The maximum Gasteiger partial charge on any atom is 0.416 e. The van der Waals surface area contributed by atoms with Gasteiger partial charge >= 0.3 is 6.18 Å². The molecular formula is C14H19F3O. The van der Waals surface area contributed by atoms with E-state index < -0.39 is 11.7 Å². The highest BCUT2D eigenvalue weighted by atomic mass is 19.4. The molecule has 0 aliphatic rings. The molecule has 1 nitrogen and oxygen atoms in total. The van der Waals surface area contributed by atoms with Crippen molar-refractivity contribution >= 4 is 0 Å². The van der Waals surface area contributed by atoms with Gasteiger partial charge in [0.2, 0.25) is 0 Å². The maximum absolute atomic E-state index is 12.8. The van der Waals surface area contributed by atoms with E-state index in [1.54, 1.807) is 6.07 Å². The van der Waals surface area contributed by atoms with Crippen molar-refractivity contribution in [3.8, 4) is 0 Å². The summed E-state index contributed by atoms with van der Waals surface area (Å²) in [6, 6.07) is 5.60. The lowest BCUT2D eigenvalue weighted by Crippen LogP contribution is -2.15. The van der Waals surface area contributed by atoms with Gasteiger partial charge in [-0.05, 0) is 30.4 Å². The Morgan fingerprint density at radius 3 is 2.44 bits per heavy atom. The highest BCUT2D eigenvalue weighted by Gasteiger charge is 2.33. The SMILES string of the molecule is CCCC[C@H](CO)Cc1ccccc1C(F)(F)F. The molecule has 18 heavy (non-hydrogen) atoms. The standard InChI is InChI=1S/C14H19F3O/c1-2-3-6-11(10-18)9-12-7-4-5-8-13(12)14(15,16)17/h4-5,7-8,11,18H,2-3,6,9-10H2,1H3/t11-/m0/s1. The van der Waals surface area contributed by atoms with Gasteiger partial charge < -0.3 is 5.11 Å². The Hall–Kier alpha value is -1.03. The van der Waals surface area contributed by atoms with E-state index in [-0.39, 0.29) is 24.5 Å². The van der Waals surface area contributed by atoms with Crippen LogP contribution in [0.15, 0.2) is 24.3 Å². The molecule has 0 heterocycles. The van der Waals surface area contributed by atoms with Crippen molar-refractivity contribution in [1.82, 2.24) is 0 Å². The first kappa shape index (κ1) is 15.0. The summed E-state index contributed by atoms with van der Waals surface area (Å²) < 4.78 is 38.4. The normalized spacial score (nSPS) is 13.6. The molecule has 0 fully saturated rings. The lowest BCUT2D eigenvalue weighted by molar-refractivity contribution is -0.138. The Labute approximate surface area is 106 Å². The van der Waals surface area contributed by atoms with Crippen LogP contribution in [-0.4, -0.2) is 11.7 Å². The topological polar surface area (TPSA) is 20.2 Å². The van der Waals surface area contributed by atoms with Crippen LogP contribution in [0.25, 0.3) is 0 Å². The van der Waals surface area contributed by atoms with E-state index in [1.165, 1.54) is 12.1 Å². The van der Waals surface area contributed by atoms with Gasteiger partial charge in [0.1, 0.15) is 0 Å². The predicted molar refractivity (Wildman–Crippen MR) is 65.2 cm³/mol. The van der Waals surface area contributed by atoms with Gasteiger partial charge in [0.15, 0.2) is 0 Å². The van der Waals surface area contributed by atoms with Crippen molar-refractivity contribution in [3.05, 3.63) is 35.4 Å². The van der Waals surface area contributed by atoms with Crippen LogP contribution in [0.4, 0.5) is 13.2 Å². The second-order valence-corrected chi connectivity index (χ2v) is 4.55. The Morgan fingerprint density at radius 1 is 1.22 bits per heavy atom. The van der Waals surface area contributed by atoms with Crippen molar-refractivity contribution in [2.45, 2.75) is 38.8 Å². The average Bonchev–Trinajstić information content (AvgIpc) is 2.33. The van der Waals surface area contributed by atoms with E-state index in [0.717, 1.165) is 25.3 Å². The van der Waals surface area contributed by atoms with Crippen molar-refractivity contribution < 1.29 is 18.3 Å². The van der Waals surface area contributed by atoms with Crippen molar-refractivity contribution in [2.75, 3.05) is 6.61 Å². The van der Waals surface area contributed by atoms with Crippen LogP contribution in [0.5, 0.6) is 0 Å². The molecule has 0 aliphatic heterocycles. The third kappa shape index (κ3) is 4.33. The summed E-state index contributed by atoms with van der Waals surface area (Å²) in [6.07, 6.45) is -1.36. The maximum atomic E-state index is 12.8. The molecule has 0 radical (unpaired) electrons. The molecule has 0 spiro atoms. The van der Waals surface area contributed by atoms with Crippen LogP contribution >= 0.6 is 0 Å². The Kier molecular flexibility index (Phi) is 5.66. The Balaban J connectivity index is 2.82. The summed E-state index contributed by atoms with van der Waals surface area (Å²) in [5, 5.41) is 9.23. The average molecular weight is 260 g/mol. The quantitative estimate of drug-likeness (QED) is 0.818. The number of rotatable bonds is 6. The van der Waals surface area contributed by atoms with E-state index in [4.69, 9.17) is 0 Å². The number of alkyl halides is 3. The number of hydrogen-bond donors (Lipinski definition) is 1. The van der Waals surface area contributed by atoms with Crippen LogP contribution < -0.4 is 0 Å². The summed E-state index contributed by atoms with van der Waals surface area (Å²) in [6.45, 7) is 1.96. The molecule has 0 saturated heterocycles. The first-order chi connectivity index (χ1) is 8.49. The molecule has 1 aromatic carbocycles. The summed E-state index contributed by atoms with van der Waals surface area (Å²) in [7, 11) is 0. The summed E-state index contributed by atoms with van der Waals surface area (Å²) in [4.78, 5) is 0. The van der Waals surface area contributed by atoms with Crippen LogP contribution in [0.2, 0.25) is 0 Å². The molecule has 102 valence electrons. The van der Waals surface area contributed by atoms with Gasteiger partial charge in [-0.25, -0.2) is 0 Å². The minimum atomic E-state index is -4.32. The van der Waals surface area contributed by atoms with Crippen molar-refractivity contribution in [3.63, 3.8) is 0 Å². The summed E-state index contributed by atoms with van der Waals surface area (Å²) in [5.74, 6) is -0.0894. The lowest BCUT2D eigenvalue weighted by atomic mass is 9.92. The van der Waals surface area contributed by atoms with E-state index in [1.807, 2.05) is 6.92 Å². The van der Waals surface area contributed by atoms with Crippen molar-refractivity contribution in [2.24, 2.45) is 5.92 Å². The molecule has 0 amide bonds. The molecule has 4 heteroatoms. The van der Waals surface area contributed by atoms with Crippen LogP contribution in [-0.2, 0) is 12.6 Å². The zero-order valence-electron chi connectivity index (χ0n) is 10.5. The fourth-order valence-corrected chi connectivity index (χ4v) is 2.04.